The van der Waals surface area contributed by atoms with Crippen LogP contribution in [-0.2, 0) is 4.87 Å². The molecule has 2 atom stereocenters. The molecule has 1 aliphatic heterocycles. The Labute approximate surface area is 102 Å². The largest absolute Gasteiger partial charge is 0.328 e. The average Bonchev–Trinajstić information content (AvgIpc) is 2.33. The number of rotatable bonds is 2. The summed E-state index contributed by atoms with van der Waals surface area (Å²) in [6, 6.07) is 11.0. The molecule has 1 aliphatic rings. The van der Waals surface area contributed by atoms with Crippen LogP contribution < -0.4 is 5.73 Å². The van der Waals surface area contributed by atoms with Crippen LogP contribution in [0.25, 0.3) is 0 Å². The standard InChI is InChI=1S/C13H20N2S/c1-15-9-8-12(14)10-13(15,16-2)11-6-4-3-5-7-11/h3-7,12H,8-10,14H2,1-2H3. The minimum Gasteiger partial charge on any atom is -0.328 e. The van der Waals surface area contributed by atoms with Crippen LogP contribution in [0.2, 0.25) is 0 Å². The summed E-state index contributed by atoms with van der Waals surface area (Å²) in [4.78, 5) is 2.51. The van der Waals surface area contributed by atoms with Crippen LogP contribution in [0.3, 0.4) is 0 Å². The Balaban J connectivity index is 2.37. The van der Waals surface area contributed by atoms with Gasteiger partial charge >= 0.3 is 0 Å². The van der Waals surface area contributed by atoms with Crippen molar-refractivity contribution in [2.24, 2.45) is 5.73 Å². The molecule has 0 bridgehead atoms. The van der Waals surface area contributed by atoms with E-state index in [1.165, 1.54) is 5.56 Å². The van der Waals surface area contributed by atoms with E-state index in [-0.39, 0.29) is 4.87 Å². The van der Waals surface area contributed by atoms with E-state index in [4.69, 9.17) is 5.73 Å². The van der Waals surface area contributed by atoms with Crippen molar-refractivity contribution < 1.29 is 0 Å². The van der Waals surface area contributed by atoms with Gasteiger partial charge in [0, 0.05) is 12.6 Å². The minimum atomic E-state index is 0.0684. The lowest BCUT2D eigenvalue weighted by Crippen LogP contribution is -2.51. The number of piperidine rings is 1. The van der Waals surface area contributed by atoms with Crippen LogP contribution in [0.4, 0.5) is 0 Å². The van der Waals surface area contributed by atoms with Crippen LogP contribution in [-0.4, -0.2) is 30.8 Å². The van der Waals surface area contributed by atoms with Gasteiger partial charge in [0.2, 0.25) is 0 Å². The Morgan fingerprint density at radius 1 is 1.38 bits per heavy atom. The Hall–Kier alpha value is -0.510. The maximum Gasteiger partial charge on any atom is 0.0935 e. The van der Waals surface area contributed by atoms with Gasteiger partial charge in [-0.25, -0.2) is 0 Å². The molecular weight excluding hydrogens is 216 g/mol. The monoisotopic (exact) mass is 236 g/mol. The predicted molar refractivity (Wildman–Crippen MR) is 71.5 cm³/mol. The molecular formula is C13H20N2S. The van der Waals surface area contributed by atoms with Gasteiger partial charge in [-0.15, -0.1) is 11.8 Å². The fraction of sp³-hybridized carbons (Fsp3) is 0.538. The molecule has 1 aromatic carbocycles. The highest BCUT2D eigenvalue weighted by Gasteiger charge is 2.40. The number of nitrogens with zero attached hydrogens (tertiary/aromatic N) is 1. The summed E-state index contributed by atoms with van der Waals surface area (Å²) < 4.78 is 0. The number of benzene rings is 1. The lowest BCUT2D eigenvalue weighted by Gasteiger charge is -2.46. The van der Waals surface area contributed by atoms with Gasteiger partial charge in [-0.05, 0) is 31.7 Å². The van der Waals surface area contributed by atoms with Crippen molar-refractivity contribution in [3.8, 4) is 0 Å². The molecule has 2 rings (SSSR count). The van der Waals surface area contributed by atoms with E-state index in [0.29, 0.717) is 6.04 Å². The fourth-order valence-corrected chi connectivity index (χ4v) is 3.70. The second kappa shape index (κ2) is 4.78. The maximum absolute atomic E-state index is 6.15. The normalized spacial score (nSPS) is 31.6. The molecule has 1 fully saturated rings. The lowest BCUT2D eigenvalue weighted by molar-refractivity contribution is 0.141. The molecule has 2 N–H and O–H groups in total. The van der Waals surface area contributed by atoms with Gasteiger partial charge in [-0.3, -0.25) is 4.90 Å². The van der Waals surface area contributed by atoms with Gasteiger partial charge in [-0.1, -0.05) is 30.3 Å². The summed E-state index contributed by atoms with van der Waals surface area (Å²) in [5, 5.41) is 0. The Morgan fingerprint density at radius 2 is 2.06 bits per heavy atom. The molecule has 2 nitrogen and oxygen atoms in total. The molecule has 16 heavy (non-hydrogen) atoms. The van der Waals surface area contributed by atoms with Gasteiger partial charge in [0.25, 0.3) is 0 Å². The van der Waals surface area contributed by atoms with E-state index in [9.17, 15) is 0 Å². The van der Waals surface area contributed by atoms with Gasteiger partial charge in [-0.2, -0.15) is 0 Å². The summed E-state index contributed by atoms with van der Waals surface area (Å²) in [6.45, 7) is 1.08. The zero-order chi connectivity index (χ0) is 11.6. The van der Waals surface area contributed by atoms with E-state index in [2.05, 4.69) is 48.5 Å². The number of nitrogens with two attached hydrogens (primary N) is 1. The molecule has 1 saturated heterocycles. The third-order valence-electron chi connectivity index (χ3n) is 3.55. The molecule has 0 saturated carbocycles. The lowest BCUT2D eigenvalue weighted by atomic mass is 9.92. The van der Waals surface area contributed by atoms with E-state index >= 15 is 0 Å². The summed E-state index contributed by atoms with van der Waals surface area (Å²) in [5.74, 6) is 0. The summed E-state index contributed by atoms with van der Waals surface area (Å²) >= 11 is 1.90. The molecule has 0 spiro atoms. The molecule has 0 aliphatic carbocycles. The third-order valence-corrected chi connectivity index (χ3v) is 4.94. The van der Waals surface area contributed by atoms with E-state index in [1.807, 2.05) is 11.8 Å². The van der Waals surface area contributed by atoms with Gasteiger partial charge in [0.15, 0.2) is 0 Å². The molecule has 3 heteroatoms. The molecule has 0 aromatic heterocycles. The second-order valence-electron chi connectivity index (χ2n) is 4.53. The zero-order valence-electron chi connectivity index (χ0n) is 10.0. The van der Waals surface area contributed by atoms with E-state index in [0.717, 1.165) is 19.4 Å². The SMILES string of the molecule is CSC1(c2ccccc2)CC(N)CCN1C. The first kappa shape index (κ1) is 12.0. The highest BCUT2D eigenvalue weighted by Crippen LogP contribution is 2.44. The van der Waals surface area contributed by atoms with Crippen molar-refractivity contribution in [1.82, 2.24) is 4.90 Å². The highest BCUT2D eigenvalue weighted by atomic mass is 32.2. The second-order valence-corrected chi connectivity index (χ2v) is 5.61. The van der Waals surface area contributed by atoms with Crippen molar-refractivity contribution in [1.29, 1.82) is 0 Å². The van der Waals surface area contributed by atoms with Crippen LogP contribution in [0, 0.1) is 0 Å². The molecule has 1 heterocycles. The van der Waals surface area contributed by atoms with Crippen molar-refractivity contribution >= 4 is 11.8 Å². The molecule has 1 aromatic rings. The molecule has 2 unspecified atom stereocenters. The maximum atomic E-state index is 6.15. The van der Waals surface area contributed by atoms with Crippen molar-refractivity contribution in [3.05, 3.63) is 35.9 Å². The van der Waals surface area contributed by atoms with Crippen molar-refractivity contribution in [2.45, 2.75) is 23.8 Å². The van der Waals surface area contributed by atoms with Crippen LogP contribution in [0.15, 0.2) is 30.3 Å². The molecule has 0 radical (unpaired) electrons. The van der Waals surface area contributed by atoms with Crippen LogP contribution in [0.1, 0.15) is 18.4 Å². The van der Waals surface area contributed by atoms with Crippen LogP contribution in [0.5, 0.6) is 0 Å². The zero-order valence-corrected chi connectivity index (χ0v) is 10.8. The van der Waals surface area contributed by atoms with Crippen LogP contribution >= 0.6 is 11.8 Å². The molecule has 88 valence electrons. The van der Waals surface area contributed by atoms with Crippen molar-refractivity contribution in [2.75, 3.05) is 19.8 Å². The fourth-order valence-electron chi connectivity index (χ4n) is 2.55. The van der Waals surface area contributed by atoms with E-state index in [1.54, 1.807) is 0 Å². The number of hydrogen-bond donors (Lipinski definition) is 1. The summed E-state index contributed by atoms with van der Waals surface area (Å²) in [7, 11) is 2.20. The third kappa shape index (κ3) is 1.99. The quantitative estimate of drug-likeness (QED) is 0.854. The number of thioether (sulfide) groups is 1. The van der Waals surface area contributed by atoms with Gasteiger partial charge in [0.1, 0.15) is 0 Å². The Morgan fingerprint density at radius 3 is 2.69 bits per heavy atom. The van der Waals surface area contributed by atoms with Gasteiger partial charge in [0.05, 0.1) is 4.87 Å². The first-order valence-corrected chi connectivity index (χ1v) is 6.99. The Kier molecular flexibility index (Phi) is 3.57. The number of hydrogen-bond acceptors (Lipinski definition) is 3. The topological polar surface area (TPSA) is 29.3 Å². The Bertz CT molecular complexity index is 341. The summed E-state index contributed by atoms with van der Waals surface area (Å²) in [6.07, 6.45) is 4.32. The van der Waals surface area contributed by atoms with Gasteiger partial charge < -0.3 is 5.73 Å². The van der Waals surface area contributed by atoms with E-state index < -0.39 is 0 Å². The molecule has 0 amide bonds. The average molecular weight is 236 g/mol. The first-order valence-electron chi connectivity index (χ1n) is 5.76. The highest BCUT2D eigenvalue weighted by molar-refractivity contribution is 7.99. The predicted octanol–water partition coefficient (Wildman–Crippen LogP) is 2.26. The summed E-state index contributed by atoms with van der Waals surface area (Å²) in [5.41, 5.74) is 7.52. The smallest absolute Gasteiger partial charge is 0.0935 e. The minimum absolute atomic E-state index is 0.0684. The number of likely N-dealkylation sites (tertiary alicyclic amines) is 1. The van der Waals surface area contributed by atoms with Crippen molar-refractivity contribution in [3.63, 3.8) is 0 Å². The first-order chi connectivity index (χ1) is 7.69.